The molecule has 0 radical (unpaired) electrons. The van der Waals surface area contributed by atoms with Gasteiger partial charge in [-0.2, -0.15) is 0 Å². The molecule has 0 atom stereocenters. The first-order valence-corrected chi connectivity index (χ1v) is 6.67. The lowest BCUT2D eigenvalue weighted by Crippen LogP contribution is -2.22. The number of carbonyl (C=O) groups is 2. The fourth-order valence-electron chi connectivity index (χ4n) is 2.04. The molecule has 2 aromatic rings. The molecule has 5 nitrogen and oxygen atoms in total. The predicted molar refractivity (Wildman–Crippen MR) is 80.1 cm³/mol. The Labute approximate surface area is 123 Å². The van der Waals surface area contributed by atoms with Gasteiger partial charge in [-0.25, -0.2) is 0 Å². The maximum absolute atomic E-state index is 12.0. The quantitative estimate of drug-likeness (QED) is 0.907. The highest BCUT2D eigenvalue weighted by Crippen LogP contribution is 2.14. The number of hydrogen-bond donors (Lipinski definition) is 2. The van der Waals surface area contributed by atoms with Crippen molar-refractivity contribution in [1.82, 2.24) is 5.32 Å². The summed E-state index contributed by atoms with van der Waals surface area (Å²) in [7, 11) is 0. The second kappa shape index (κ2) is 6.26. The maximum Gasteiger partial charge on any atom is 0.255 e. The maximum atomic E-state index is 12.0. The van der Waals surface area contributed by atoms with E-state index in [1.807, 2.05) is 19.1 Å². The second-order valence-corrected chi connectivity index (χ2v) is 4.89. The van der Waals surface area contributed by atoms with Crippen LogP contribution in [-0.2, 0) is 11.3 Å². The van der Waals surface area contributed by atoms with Crippen molar-refractivity contribution in [1.29, 1.82) is 0 Å². The number of carbonyl (C=O) groups excluding carboxylic acids is 2. The van der Waals surface area contributed by atoms with Gasteiger partial charge in [0.05, 0.1) is 5.56 Å². The third-order valence-corrected chi connectivity index (χ3v) is 3.01. The first-order chi connectivity index (χ1) is 9.95. The van der Waals surface area contributed by atoms with E-state index in [9.17, 15) is 9.59 Å². The Morgan fingerprint density at radius 3 is 2.33 bits per heavy atom. The molecule has 0 saturated heterocycles. The largest absolute Gasteiger partial charge is 0.466 e. The summed E-state index contributed by atoms with van der Waals surface area (Å²) in [6.07, 6.45) is 0. The Hall–Kier alpha value is -2.56. The SMILES string of the molecule is CC(=O)Nc1ccc(CNC(=O)c2cc(C)oc2C)cc1. The van der Waals surface area contributed by atoms with Crippen LogP contribution in [0.15, 0.2) is 34.7 Å². The van der Waals surface area contributed by atoms with Crippen LogP contribution >= 0.6 is 0 Å². The van der Waals surface area contributed by atoms with E-state index in [0.29, 0.717) is 17.9 Å². The molecule has 1 heterocycles. The summed E-state index contributed by atoms with van der Waals surface area (Å²) in [4.78, 5) is 23.0. The summed E-state index contributed by atoms with van der Waals surface area (Å²) in [5.41, 5.74) is 2.25. The number of rotatable bonds is 4. The lowest BCUT2D eigenvalue weighted by Gasteiger charge is -2.06. The molecule has 21 heavy (non-hydrogen) atoms. The molecule has 1 aromatic carbocycles. The average Bonchev–Trinajstić information content (AvgIpc) is 2.76. The molecule has 5 heteroatoms. The first kappa shape index (κ1) is 14.8. The van der Waals surface area contributed by atoms with Crippen LogP contribution in [0.25, 0.3) is 0 Å². The summed E-state index contributed by atoms with van der Waals surface area (Å²) < 4.78 is 5.34. The van der Waals surface area contributed by atoms with E-state index in [1.54, 1.807) is 25.1 Å². The summed E-state index contributed by atoms with van der Waals surface area (Å²) in [6, 6.07) is 9.05. The third kappa shape index (κ3) is 3.95. The van der Waals surface area contributed by atoms with Crippen molar-refractivity contribution < 1.29 is 14.0 Å². The van der Waals surface area contributed by atoms with Gasteiger partial charge in [0.1, 0.15) is 11.5 Å². The van der Waals surface area contributed by atoms with Crippen LogP contribution in [0.1, 0.15) is 34.4 Å². The number of anilines is 1. The number of hydrogen-bond acceptors (Lipinski definition) is 3. The van der Waals surface area contributed by atoms with Gasteiger partial charge in [-0.1, -0.05) is 12.1 Å². The van der Waals surface area contributed by atoms with Gasteiger partial charge in [0.2, 0.25) is 5.91 Å². The highest BCUT2D eigenvalue weighted by atomic mass is 16.3. The first-order valence-electron chi connectivity index (χ1n) is 6.67. The Morgan fingerprint density at radius 2 is 1.81 bits per heavy atom. The van der Waals surface area contributed by atoms with Crippen LogP contribution in [0.4, 0.5) is 5.69 Å². The minimum Gasteiger partial charge on any atom is -0.466 e. The van der Waals surface area contributed by atoms with E-state index in [-0.39, 0.29) is 11.8 Å². The van der Waals surface area contributed by atoms with Crippen LogP contribution < -0.4 is 10.6 Å². The van der Waals surface area contributed by atoms with Gasteiger partial charge in [0.15, 0.2) is 0 Å². The van der Waals surface area contributed by atoms with Gasteiger partial charge in [0.25, 0.3) is 5.91 Å². The van der Waals surface area contributed by atoms with Gasteiger partial charge < -0.3 is 15.1 Å². The highest BCUT2D eigenvalue weighted by Gasteiger charge is 2.12. The molecule has 0 aliphatic heterocycles. The van der Waals surface area contributed by atoms with E-state index in [4.69, 9.17) is 4.42 Å². The molecule has 0 saturated carbocycles. The molecule has 0 aliphatic rings. The van der Waals surface area contributed by atoms with Crippen molar-refractivity contribution in [3.8, 4) is 0 Å². The molecule has 0 unspecified atom stereocenters. The van der Waals surface area contributed by atoms with Crippen molar-refractivity contribution in [2.75, 3.05) is 5.32 Å². The topological polar surface area (TPSA) is 71.3 Å². The van der Waals surface area contributed by atoms with Crippen molar-refractivity contribution in [3.63, 3.8) is 0 Å². The molecule has 110 valence electrons. The van der Waals surface area contributed by atoms with Crippen LogP contribution in [0.2, 0.25) is 0 Å². The van der Waals surface area contributed by atoms with E-state index in [2.05, 4.69) is 10.6 Å². The summed E-state index contributed by atoms with van der Waals surface area (Å²) >= 11 is 0. The minimum atomic E-state index is -0.157. The van der Waals surface area contributed by atoms with E-state index < -0.39 is 0 Å². The van der Waals surface area contributed by atoms with Crippen LogP contribution in [0.5, 0.6) is 0 Å². The lowest BCUT2D eigenvalue weighted by molar-refractivity contribution is -0.114. The second-order valence-electron chi connectivity index (χ2n) is 4.89. The molecule has 0 bridgehead atoms. The van der Waals surface area contributed by atoms with Gasteiger partial charge in [-0.3, -0.25) is 9.59 Å². The zero-order chi connectivity index (χ0) is 15.4. The Balaban J connectivity index is 1.95. The summed E-state index contributed by atoms with van der Waals surface area (Å²) in [5.74, 6) is 1.07. The number of aryl methyl sites for hydroxylation is 2. The molecule has 2 N–H and O–H groups in total. The molecular weight excluding hydrogens is 268 g/mol. The standard InChI is InChI=1S/C16H18N2O3/c1-10-8-15(11(2)21-10)16(20)17-9-13-4-6-14(7-5-13)18-12(3)19/h4-8H,9H2,1-3H3,(H,17,20)(H,18,19). The molecule has 0 fully saturated rings. The highest BCUT2D eigenvalue weighted by molar-refractivity contribution is 5.95. The van der Waals surface area contributed by atoms with Crippen LogP contribution in [-0.4, -0.2) is 11.8 Å². The Morgan fingerprint density at radius 1 is 1.14 bits per heavy atom. The third-order valence-electron chi connectivity index (χ3n) is 3.01. The number of benzene rings is 1. The molecule has 1 aromatic heterocycles. The number of nitrogens with one attached hydrogen (secondary N) is 2. The van der Waals surface area contributed by atoms with Gasteiger partial charge >= 0.3 is 0 Å². The Kier molecular flexibility index (Phi) is 4.42. The fourth-order valence-corrected chi connectivity index (χ4v) is 2.04. The molecule has 0 aliphatic carbocycles. The zero-order valence-corrected chi connectivity index (χ0v) is 12.3. The predicted octanol–water partition coefficient (Wildman–Crippen LogP) is 2.78. The normalized spacial score (nSPS) is 10.2. The monoisotopic (exact) mass is 286 g/mol. The van der Waals surface area contributed by atoms with Crippen molar-refractivity contribution in [3.05, 3.63) is 53.0 Å². The smallest absolute Gasteiger partial charge is 0.255 e. The summed E-state index contributed by atoms with van der Waals surface area (Å²) in [6.45, 7) is 5.46. The lowest BCUT2D eigenvalue weighted by atomic mass is 10.2. The fraction of sp³-hybridized carbons (Fsp3) is 0.250. The Bertz CT molecular complexity index is 657. The minimum absolute atomic E-state index is 0.109. The summed E-state index contributed by atoms with van der Waals surface area (Å²) in [5, 5.41) is 5.54. The van der Waals surface area contributed by atoms with Gasteiger partial charge in [-0.15, -0.1) is 0 Å². The van der Waals surface area contributed by atoms with Gasteiger partial charge in [-0.05, 0) is 37.6 Å². The molecular formula is C16H18N2O3. The number of amides is 2. The van der Waals surface area contributed by atoms with E-state index in [1.165, 1.54) is 6.92 Å². The molecule has 2 rings (SSSR count). The van der Waals surface area contributed by atoms with Crippen LogP contribution in [0.3, 0.4) is 0 Å². The van der Waals surface area contributed by atoms with E-state index >= 15 is 0 Å². The average molecular weight is 286 g/mol. The molecule has 2 amide bonds. The van der Waals surface area contributed by atoms with Crippen molar-refractivity contribution in [2.24, 2.45) is 0 Å². The van der Waals surface area contributed by atoms with Crippen molar-refractivity contribution in [2.45, 2.75) is 27.3 Å². The van der Waals surface area contributed by atoms with Gasteiger partial charge in [0, 0.05) is 19.2 Å². The number of furan rings is 1. The van der Waals surface area contributed by atoms with E-state index in [0.717, 1.165) is 17.0 Å². The zero-order valence-electron chi connectivity index (χ0n) is 12.3. The molecule has 0 spiro atoms. The van der Waals surface area contributed by atoms with Crippen LogP contribution in [0, 0.1) is 13.8 Å². The van der Waals surface area contributed by atoms with Crippen molar-refractivity contribution >= 4 is 17.5 Å².